The Labute approximate surface area is 112 Å². The van der Waals surface area contributed by atoms with Crippen LogP contribution in [-0.2, 0) is 11.2 Å². The van der Waals surface area contributed by atoms with Gasteiger partial charge in [0.25, 0.3) is 0 Å². The molecular weight excluding hydrogens is 252 g/mol. The van der Waals surface area contributed by atoms with Crippen molar-refractivity contribution >= 4 is 12.6 Å². The standard InChI is InChI=1S/C13H18O4S/c1-8-10(14)11(15)12(16)13(18,17-8)7-9-5-3-2-4-6-9/h2-6,8,10-12,14-16,18H,7H2,1H3/t8-,10-,11+,12-,13-/m1/s1. The number of benzene rings is 1. The van der Waals surface area contributed by atoms with Gasteiger partial charge in [-0.25, -0.2) is 0 Å². The molecule has 0 aromatic heterocycles. The Balaban J connectivity index is 2.19. The maximum Gasteiger partial charge on any atom is 0.143 e. The highest BCUT2D eigenvalue weighted by molar-refractivity contribution is 7.81. The first-order chi connectivity index (χ1) is 8.44. The molecule has 0 radical (unpaired) electrons. The number of hydrogen-bond acceptors (Lipinski definition) is 5. The minimum Gasteiger partial charge on any atom is -0.388 e. The molecule has 1 fully saturated rings. The van der Waals surface area contributed by atoms with Gasteiger partial charge in [0.1, 0.15) is 23.2 Å². The van der Waals surface area contributed by atoms with E-state index in [1.165, 1.54) is 0 Å². The number of thiol groups is 1. The molecule has 18 heavy (non-hydrogen) atoms. The van der Waals surface area contributed by atoms with E-state index in [4.69, 9.17) is 4.74 Å². The fraction of sp³-hybridized carbons (Fsp3) is 0.538. The third-order valence-corrected chi connectivity index (χ3v) is 3.83. The van der Waals surface area contributed by atoms with Crippen LogP contribution >= 0.6 is 12.6 Å². The highest BCUT2D eigenvalue weighted by atomic mass is 32.1. The quantitative estimate of drug-likeness (QED) is 0.586. The average Bonchev–Trinajstić information content (AvgIpc) is 2.35. The molecule has 1 aromatic rings. The van der Waals surface area contributed by atoms with Crippen LogP contribution < -0.4 is 0 Å². The van der Waals surface area contributed by atoms with Gasteiger partial charge < -0.3 is 20.1 Å². The van der Waals surface area contributed by atoms with Gasteiger partial charge in [-0.3, -0.25) is 0 Å². The molecule has 3 N–H and O–H groups in total. The summed E-state index contributed by atoms with van der Waals surface area (Å²) in [6.07, 6.45) is -3.82. The van der Waals surface area contributed by atoms with Crippen molar-refractivity contribution in [1.82, 2.24) is 0 Å². The molecule has 1 aliphatic heterocycles. The molecule has 1 heterocycles. The first-order valence-electron chi connectivity index (χ1n) is 5.92. The van der Waals surface area contributed by atoms with Crippen LogP contribution in [0.5, 0.6) is 0 Å². The van der Waals surface area contributed by atoms with Crippen LogP contribution in [0.25, 0.3) is 0 Å². The maximum atomic E-state index is 10.0. The summed E-state index contributed by atoms with van der Waals surface area (Å²) in [5, 5.41) is 29.5. The van der Waals surface area contributed by atoms with Crippen LogP contribution in [0.3, 0.4) is 0 Å². The van der Waals surface area contributed by atoms with E-state index in [9.17, 15) is 15.3 Å². The molecule has 0 aliphatic carbocycles. The zero-order valence-electron chi connectivity index (χ0n) is 10.1. The maximum absolute atomic E-state index is 10.0. The zero-order chi connectivity index (χ0) is 13.3. The number of ether oxygens (including phenoxy) is 1. The smallest absolute Gasteiger partial charge is 0.143 e. The summed E-state index contributed by atoms with van der Waals surface area (Å²) in [7, 11) is 0. The SMILES string of the molecule is C[C@H]1O[C@@](S)(Cc2ccccc2)[C@H](O)[C@@H](O)[C@@H]1O. The van der Waals surface area contributed by atoms with Gasteiger partial charge in [0.2, 0.25) is 0 Å². The number of hydrogen-bond donors (Lipinski definition) is 4. The minimum absolute atomic E-state index is 0.353. The molecule has 1 saturated heterocycles. The van der Waals surface area contributed by atoms with Crippen molar-refractivity contribution in [2.75, 3.05) is 0 Å². The van der Waals surface area contributed by atoms with Gasteiger partial charge >= 0.3 is 0 Å². The molecule has 0 amide bonds. The molecule has 1 aromatic carbocycles. The normalized spacial score (nSPS) is 40.7. The van der Waals surface area contributed by atoms with Gasteiger partial charge in [0.05, 0.1) is 6.10 Å². The topological polar surface area (TPSA) is 69.9 Å². The summed E-state index contributed by atoms with van der Waals surface area (Å²) in [4.78, 5) is -1.20. The molecule has 100 valence electrons. The second kappa shape index (κ2) is 5.19. The number of aliphatic hydroxyl groups is 3. The van der Waals surface area contributed by atoms with Crippen LogP contribution in [0.1, 0.15) is 12.5 Å². The summed E-state index contributed by atoms with van der Waals surface area (Å²) in [6, 6.07) is 9.47. The Kier molecular flexibility index (Phi) is 3.99. The highest BCUT2D eigenvalue weighted by Crippen LogP contribution is 2.35. The predicted octanol–water partition coefficient (Wildman–Crippen LogP) is 0.357. The fourth-order valence-electron chi connectivity index (χ4n) is 2.23. The van der Waals surface area contributed by atoms with Crippen molar-refractivity contribution in [3.05, 3.63) is 35.9 Å². The van der Waals surface area contributed by atoms with Crippen molar-refractivity contribution in [3.63, 3.8) is 0 Å². The molecular formula is C13H18O4S. The van der Waals surface area contributed by atoms with Crippen molar-refractivity contribution in [1.29, 1.82) is 0 Å². The van der Waals surface area contributed by atoms with E-state index in [-0.39, 0.29) is 0 Å². The first-order valence-corrected chi connectivity index (χ1v) is 6.37. The second-order valence-electron chi connectivity index (χ2n) is 4.76. The molecule has 4 nitrogen and oxygen atoms in total. The lowest BCUT2D eigenvalue weighted by Crippen LogP contribution is -2.62. The van der Waals surface area contributed by atoms with Crippen LogP contribution in [0.15, 0.2) is 30.3 Å². The van der Waals surface area contributed by atoms with E-state index in [0.29, 0.717) is 6.42 Å². The average molecular weight is 270 g/mol. The highest BCUT2D eigenvalue weighted by Gasteiger charge is 2.50. The van der Waals surface area contributed by atoms with Crippen molar-refractivity contribution in [2.45, 2.75) is 42.7 Å². The first kappa shape index (κ1) is 13.8. The van der Waals surface area contributed by atoms with Crippen LogP contribution in [0, 0.1) is 0 Å². The largest absolute Gasteiger partial charge is 0.388 e. The minimum atomic E-state index is -1.25. The van der Waals surface area contributed by atoms with E-state index in [2.05, 4.69) is 12.6 Å². The Hall–Kier alpha value is -0.590. The van der Waals surface area contributed by atoms with Gasteiger partial charge in [-0.1, -0.05) is 30.3 Å². The number of rotatable bonds is 2. The van der Waals surface area contributed by atoms with E-state index in [0.717, 1.165) is 5.56 Å². The molecule has 0 unspecified atom stereocenters. The summed E-state index contributed by atoms with van der Waals surface area (Å²) in [5.41, 5.74) is 0.947. The summed E-state index contributed by atoms with van der Waals surface area (Å²) < 4.78 is 5.58. The third-order valence-electron chi connectivity index (χ3n) is 3.31. The lowest BCUT2D eigenvalue weighted by atomic mass is 9.91. The predicted molar refractivity (Wildman–Crippen MR) is 70.4 cm³/mol. The van der Waals surface area contributed by atoms with Crippen LogP contribution in [-0.4, -0.2) is 44.7 Å². The fourth-order valence-corrected chi connectivity index (χ4v) is 2.73. The lowest BCUT2D eigenvalue weighted by Gasteiger charge is -2.45. The molecule has 0 bridgehead atoms. The monoisotopic (exact) mass is 270 g/mol. The Bertz CT molecular complexity index is 399. The molecule has 5 atom stereocenters. The van der Waals surface area contributed by atoms with Gasteiger partial charge in [-0.2, -0.15) is 0 Å². The third kappa shape index (κ3) is 2.55. The van der Waals surface area contributed by atoms with E-state index in [1.807, 2.05) is 30.3 Å². The Morgan fingerprint density at radius 2 is 1.78 bits per heavy atom. The van der Waals surface area contributed by atoms with Crippen molar-refractivity contribution in [3.8, 4) is 0 Å². The van der Waals surface area contributed by atoms with Gasteiger partial charge in [0.15, 0.2) is 0 Å². The van der Waals surface area contributed by atoms with Crippen molar-refractivity contribution in [2.24, 2.45) is 0 Å². The summed E-state index contributed by atoms with van der Waals surface area (Å²) >= 11 is 4.37. The summed E-state index contributed by atoms with van der Waals surface area (Å²) in [5.74, 6) is 0. The van der Waals surface area contributed by atoms with E-state index < -0.39 is 29.3 Å². The van der Waals surface area contributed by atoms with Crippen LogP contribution in [0.4, 0.5) is 0 Å². The van der Waals surface area contributed by atoms with E-state index >= 15 is 0 Å². The van der Waals surface area contributed by atoms with E-state index in [1.54, 1.807) is 6.92 Å². The van der Waals surface area contributed by atoms with Crippen molar-refractivity contribution < 1.29 is 20.1 Å². The molecule has 1 aliphatic rings. The lowest BCUT2D eigenvalue weighted by molar-refractivity contribution is -0.229. The van der Waals surface area contributed by atoms with Gasteiger partial charge in [-0.05, 0) is 12.5 Å². The summed E-state index contributed by atoms with van der Waals surface area (Å²) in [6.45, 7) is 1.65. The zero-order valence-corrected chi connectivity index (χ0v) is 11.0. The molecule has 0 spiro atoms. The molecule has 5 heteroatoms. The molecule has 0 saturated carbocycles. The van der Waals surface area contributed by atoms with Gasteiger partial charge in [0, 0.05) is 6.42 Å². The molecule has 2 rings (SSSR count). The Morgan fingerprint density at radius 3 is 2.39 bits per heavy atom. The Morgan fingerprint density at radius 1 is 1.17 bits per heavy atom. The second-order valence-corrected chi connectivity index (χ2v) is 5.51. The van der Waals surface area contributed by atoms with Gasteiger partial charge in [-0.15, -0.1) is 12.6 Å². The number of aliphatic hydroxyl groups excluding tert-OH is 3. The van der Waals surface area contributed by atoms with Crippen LogP contribution in [0.2, 0.25) is 0 Å².